The van der Waals surface area contributed by atoms with E-state index in [1.165, 1.54) is 7.11 Å². The Bertz CT molecular complexity index is 191. The van der Waals surface area contributed by atoms with Gasteiger partial charge in [-0.15, -0.1) is 0 Å². The van der Waals surface area contributed by atoms with Crippen LogP contribution in [-0.2, 0) is 9.53 Å². The van der Waals surface area contributed by atoms with Gasteiger partial charge in [0, 0.05) is 5.71 Å². The molecule has 0 aromatic carbocycles. The van der Waals surface area contributed by atoms with Crippen molar-refractivity contribution in [3.05, 3.63) is 0 Å². The van der Waals surface area contributed by atoms with E-state index in [0.29, 0.717) is 5.71 Å². The summed E-state index contributed by atoms with van der Waals surface area (Å²) in [6.07, 6.45) is -0.734. The van der Waals surface area contributed by atoms with Crippen molar-refractivity contribution in [1.29, 1.82) is 0 Å². The minimum absolute atomic E-state index is 0.110. The highest BCUT2D eigenvalue weighted by atomic mass is 16.5. The zero-order valence-electron chi connectivity index (χ0n) is 7.86. The lowest BCUT2D eigenvalue weighted by molar-refractivity contribution is -0.139. The number of carbonyl (C=O) groups is 1. The summed E-state index contributed by atoms with van der Waals surface area (Å²) in [6, 6.07) is 0. The lowest BCUT2D eigenvalue weighted by Gasteiger charge is -2.03. The van der Waals surface area contributed by atoms with Crippen molar-refractivity contribution in [3.63, 3.8) is 0 Å². The number of aliphatic hydroxyl groups is 2. The molecule has 5 nitrogen and oxygen atoms in total. The van der Waals surface area contributed by atoms with E-state index in [0.717, 1.165) is 0 Å². The van der Waals surface area contributed by atoms with E-state index in [1.807, 2.05) is 0 Å². The molecule has 0 rings (SSSR count). The Labute approximate surface area is 77.1 Å². The van der Waals surface area contributed by atoms with Crippen LogP contribution in [-0.4, -0.2) is 48.3 Å². The van der Waals surface area contributed by atoms with Gasteiger partial charge < -0.3 is 14.9 Å². The second kappa shape index (κ2) is 6.56. The molecule has 1 unspecified atom stereocenters. The van der Waals surface area contributed by atoms with Crippen LogP contribution in [0.25, 0.3) is 0 Å². The molecule has 0 aliphatic heterocycles. The number of esters is 1. The maximum atomic E-state index is 10.7. The monoisotopic (exact) mass is 189 g/mol. The summed E-state index contributed by atoms with van der Waals surface area (Å²) < 4.78 is 4.42. The van der Waals surface area contributed by atoms with E-state index < -0.39 is 6.10 Å². The summed E-state index contributed by atoms with van der Waals surface area (Å²) in [4.78, 5) is 14.6. The number of aliphatic imine (C=N–C) groups is 1. The van der Waals surface area contributed by atoms with Crippen molar-refractivity contribution in [2.45, 2.75) is 19.4 Å². The van der Waals surface area contributed by atoms with Gasteiger partial charge in [-0.3, -0.25) is 9.79 Å². The maximum Gasteiger partial charge on any atom is 0.311 e. The zero-order chi connectivity index (χ0) is 10.3. The highest BCUT2D eigenvalue weighted by Gasteiger charge is 2.04. The maximum absolute atomic E-state index is 10.7. The Kier molecular flexibility index (Phi) is 6.09. The Morgan fingerprint density at radius 1 is 1.62 bits per heavy atom. The number of ether oxygens (including phenoxy) is 1. The zero-order valence-corrected chi connectivity index (χ0v) is 7.86. The number of hydrogen-bond acceptors (Lipinski definition) is 5. The van der Waals surface area contributed by atoms with Gasteiger partial charge in [-0.25, -0.2) is 0 Å². The first-order valence-electron chi connectivity index (χ1n) is 3.95. The second-order valence-corrected chi connectivity index (χ2v) is 2.67. The van der Waals surface area contributed by atoms with Crippen LogP contribution < -0.4 is 0 Å². The van der Waals surface area contributed by atoms with Gasteiger partial charge in [0.15, 0.2) is 0 Å². The number of hydrogen-bond donors (Lipinski definition) is 2. The molecule has 0 radical (unpaired) electrons. The fourth-order valence-electron chi connectivity index (χ4n) is 0.656. The summed E-state index contributed by atoms with van der Waals surface area (Å²) in [5, 5.41) is 17.4. The van der Waals surface area contributed by atoms with E-state index in [-0.39, 0.29) is 25.5 Å². The van der Waals surface area contributed by atoms with Crippen LogP contribution >= 0.6 is 0 Å². The van der Waals surface area contributed by atoms with Gasteiger partial charge in [-0.05, 0) is 6.92 Å². The molecule has 0 bridgehead atoms. The molecule has 76 valence electrons. The molecule has 0 saturated carbocycles. The third kappa shape index (κ3) is 6.24. The van der Waals surface area contributed by atoms with Crippen molar-refractivity contribution in [3.8, 4) is 0 Å². The first-order chi connectivity index (χ1) is 6.10. The topological polar surface area (TPSA) is 79.1 Å². The van der Waals surface area contributed by atoms with Crippen LogP contribution in [0.1, 0.15) is 13.3 Å². The van der Waals surface area contributed by atoms with E-state index in [4.69, 9.17) is 10.2 Å². The first-order valence-corrected chi connectivity index (χ1v) is 3.95. The van der Waals surface area contributed by atoms with Crippen molar-refractivity contribution < 1.29 is 19.7 Å². The van der Waals surface area contributed by atoms with Gasteiger partial charge in [0.2, 0.25) is 0 Å². The van der Waals surface area contributed by atoms with Crippen LogP contribution in [0.3, 0.4) is 0 Å². The molecular formula is C8H15NO4. The van der Waals surface area contributed by atoms with Crippen molar-refractivity contribution >= 4 is 11.7 Å². The molecule has 2 N–H and O–H groups in total. The molecule has 0 fully saturated rings. The van der Waals surface area contributed by atoms with Crippen molar-refractivity contribution in [1.82, 2.24) is 0 Å². The van der Waals surface area contributed by atoms with Gasteiger partial charge >= 0.3 is 5.97 Å². The van der Waals surface area contributed by atoms with Gasteiger partial charge in [0.05, 0.1) is 32.8 Å². The molecule has 5 heteroatoms. The Balaban J connectivity index is 3.81. The molecule has 0 amide bonds. The third-order valence-corrected chi connectivity index (χ3v) is 1.41. The Morgan fingerprint density at radius 3 is 2.69 bits per heavy atom. The summed E-state index contributed by atoms with van der Waals surface area (Å²) in [5.41, 5.74) is 0.583. The number of nitrogens with zero attached hydrogens (tertiary/aromatic N) is 1. The SMILES string of the molecule is COC(=O)CC(C)=NCC(O)CO. The predicted molar refractivity (Wildman–Crippen MR) is 47.7 cm³/mol. The minimum Gasteiger partial charge on any atom is -0.469 e. The number of methoxy groups -OCH3 is 1. The second-order valence-electron chi connectivity index (χ2n) is 2.67. The highest BCUT2D eigenvalue weighted by molar-refractivity contribution is 5.97. The molecule has 0 aliphatic carbocycles. The van der Waals surface area contributed by atoms with Crippen LogP contribution in [0, 0.1) is 0 Å². The van der Waals surface area contributed by atoms with Crippen LogP contribution in [0.15, 0.2) is 4.99 Å². The number of rotatable bonds is 5. The van der Waals surface area contributed by atoms with Gasteiger partial charge in [0.25, 0.3) is 0 Å². The lowest BCUT2D eigenvalue weighted by Crippen LogP contribution is -2.17. The smallest absolute Gasteiger partial charge is 0.311 e. The predicted octanol–water partition coefficient (Wildman–Crippen LogP) is -0.636. The van der Waals surface area contributed by atoms with Gasteiger partial charge in [0.1, 0.15) is 0 Å². The van der Waals surface area contributed by atoms with Gasteiger partial charge in [-0.2, -0.15) is 0 Å². The largest absolute Gasteiger partial charge is 0.469 e. The molecular weight excluding hydrogens is 174 g/mol. The normalized spacial score (nSPS) is 14.0. The van der Waals surface area contributed by atoms with Crippen LogP contribution in [0.2, 0.25) is 0 Å². The summed E-state index contributed by atoms with van der Waals surface area (Å²) in [7, 11) is 1.30. The summed E-state index contributed by atoms with van der Waals surface area (Å²) in [5.74, 6) is -0.361. The molecule has 1 atom stereocenters. The van der Waals surface area contributed by atoms with Gasteiger partial charge in [-0.1, -0.05) is 0 Å². The Morgan fingerprint density at radius 2 is 2.23 bits per heavy atom. The lowest BCUT2D eigenvalue weighted by atomic mass is 10.3. The molecule has 0 spiro atoms. The molecule has 0 aromatic heterocycles. The van der Waals surface area contributed by atoms with Crippen molar-refractivity contribution in [2.24, 2.45) is 4.99 Å². The highest BCUT2D eigenvalue weighted by Crippen LogP contribution is 1.91. The fourth-order valence-corrected chi connectivity index (χ4v) is 0.656. The Hall–Kier alpha value is -0.940. The molecule has 0 saturated heterocycles. The van der Waals surface area contributed by atoms with E-state index in [1.54, 1.807) is 6.92 Å². The average Bonchev–Trinajstić information content (AvgIpc) is 2.13. The molecule has 0 aromatic rings. The van der Waals surface area contributed by atoms with Crippen LogP contribution in [0.4, 0.5) is 0 Å². The fraction of sp³-hybridized carbons (Fsp3) is 0.750. The quantitative estimate of drug-likeness (QED) is 0.445. The number of carbonyl (C=O) groups excluding carboxylic acids is 1. The molecule has 0 heterocycles. The van der Waals surface area contributed by atoms with E-state index in [2.05, 4.69) is 9.73 Å². The van der Waals surface area contributed by atoms with Crippen molar-refractivity contribution in [2.75, 3.05) is 20.3 Å². The molecule has 13 heavy (non-hydrogen) atoms. The van der Waals surface area contributed by atoms with E-state index in [9.17, 15) is 4.79 Å². The standard InChI is InChI=1S/C8H15NO4/c1-6(3-8(12)13-2)9-4-7(11)5-10/h7,10-11H,3-5H2,1-2H3. The number of aliphatic hydroxyl groups excluding tert-OH is 2. The van der Waals surface area contributed by atoms with E-state index >= 15 is 0 Å². The minimum atomic E-state index is -0.854. The first kappa shape index (κ1) is 12.1. The van der Waals surface area contributed by atoms with Crippen LogP contribution in [0.5, 0.6) is 0 Å². The third-order valence-electron chi connectivity index (χ3n) is 1.41. The average molecular weight is 189 g/mol. The summed E-state index contributed by atoms with van der Waals surface area (Å²) in [6.45, 7) is 1.45. The summed E-state index contributed by atoms with van der Waals surface area (Å²) >= 11 is 0. The molecule has 0 aliphatic rings.